The molecule has 0 aliphatic rings. The second-order valence-corrected chi connectivity index (χ2v) is 2.98. The van der Waals surface area contributed by atoms with Crippen molar-refractivity contribution in [1.82, 2.24) is 0 Å². The average molecular weight is 194 g/mol. The molecule has 1 aromatic rings. The van der Waals surface area contributed by atoms with Gasteiger partial charge in [0.15, 0.2) is 0 Å². The van der Waals surface area contributed by atoms with Crippen LogP contribution in [0.15, 0.2) is 12.1 Å². The minimum Gasteiger partial charge on any atom is -0.462 e. The Labute approximate surface area is 82.8 Å². The maximum absolute atomic E-state index is 11.5. The highest BCUT2D eigenvalue weighted by Gasteiger charge is 2.15. The Bertz CT molecular complexity index is 361. The van der Waals surface area contributed by atoms with Crippen LogP contribution in [0.25, 0.3) is 0 Å². The van der Waals surface area contributed by atoms with Crippen LogP contribution in [0.2, 0.25) is 0 Å². The molecule has 0 unspecified atom stereocenters. The van der Waals surface area contributed by atoms with Crippen molar-refractivity contribution in [3.63, 3.8) is 0 Å². The Hall–Kier alpha value is -1.71. The molecular formula is C10H14N2O2. The fourth-order valence-corrected chi connectivity index (χ4v) is 1.17. The summed E-state index contributed by atoms with van der Waals surface area (Å²) in [5.41, 5.74) is 13.2. The second-order valence-electron chi connectivity index (χ2n) is 2.98. The first-order chi connectivity index (χ1) is 6.57. The van der Waals surface area contributed by atoms with Gasteiger partial charge < -0.3 is 16.2 Å². The van der Waals surface area contributed by atoms with Crippen molar-refractivity contribution >= 4 is 17.3 Å². The van der Waals surface area contributed by atoms with E-state index in [1.165, 1.54) is 0 Å². The Kier molecular flexibility index (Phi) is 2.96. The lowest BCUT2D eigenvalue weighted by atomic mass is 10.1. The lowest BCUT2D eigenvalue weighted by Crippen LogP contribution is -2.12. The molecule has 14 heavy (non-hydrogen) atoms. The van der Waals surface area contributed by atoms with Crippen molar-refractivity contribution in [2.24, 2.45) is 0 Å². The first-order valence-corrected chi connectivity index (χ1v) is 4.39. The minimum atomic E-state index is -0.466. The van der Waals surface area contributed by atoms with Crippen LogP contribution >= 0.6 is 0 Å². The molecule has 0 heterocycles. The van der Waals surface area contributed by atoms with Crippen LogP contribution in [0.1, 0.15) is 22.8 Å². The Morgan fingerprint density at radius 1 is 1.43 bits per heavy atom. The van der Waals surface area contributed by atoms with Gasteiger partial charge in [0.1, 0.15) is 5.56 Å². The van der Waals surface area contributed by atoms with E-state index in [0.717, 1.165) is 5.56 Å². The van der Waals surface area contributed by atoms with Gasteiger partial charge in [0, 0.05) is 5.69 Å². The van der Waals surface area contributed by atoms with Crippen molar-refractivity contribution in [3.05, 3.63) is 23.3 Å². The number of hydrogen-bond donors (Lipinski definition) is 2. The van der Waals surface area contributed by atoms with Gasteiger partial charge in [-0.2, -0.15) is 0 Å². The number of rotatable bonds is 2. The van der Waals surface area contributed by atoms with Crippen LogP contribution in [0.4, 0.5) is 11.4 Å². The maximum atomic E-state index is 11.5. The van der Waals surface area contributed by atoms with E-state index in [2.05, 4.69) is 0 Å². The molecule has 4 N–H and O–H groups in total. The van der Waals surface area contributed by atoms with Crippen molar-refractivity contribution < 1.29 is 9.53 Å². The van der Waals surface area contributed by atoms with Crippen LogP contribution in [0.3, 0.4) is 0 Å². The molecule has 0 spiro atoms. The number of ether oxygens (including phenoxy) is 1. The van der Waals surface area contributed by atoms with Crippen molar-refractivity contribution in [3.8, 4) is 0 Å². The number of anilines is 2. The standard InChI is InChI=1S/C10H14N2O2/c1-3-14-10(13)8-7(11)5-4-6(2)9(8)12/h4-5H,3,11-12H2,1-2H3. The van der Waals surface area contributed by atoms with Gasteiger partial charge in [-0.05, 0) is 25.5 Å². The smallest absolute Gasteiger partial charge is 0.342 e. The van der Waals surface area contributed by atoms with E-state index in [0.29, 0.717) is 18.0 Å². The van der Waals surface area contributed by atoms with Crippen LogP contribution in [-0.4, -0.2) is 12.6 Å². The second kappa shape index (κ2) is 4.00. The van der Waals surface area contributed by atoms with Crippen molar-refractivity contribution in [2.45, 2.75) is 13.8 Å². The topological polar surface area (TPSA) is 78.3 Å². The highest BCUT2D eigenvalue weighted by molar-refractivity contribution is 6.01. The van der Waals surface area contributed by atoms with Gasteiger partial charge in [-0.3, -0.25) is 0 Å². The first kappa shape index (κ1) is 10.4. The van der Waals surface area contributed by atoms with Crippen molar-refractivity contribution in [2.75, 3.05) is 18.1 Å². The molecule has 0 atom stereocenters. The number of aryl methyl sites for hydroxylation is 1. The number of benzene rings is 1. The molecule has 0 amide bonds. The molecule has 0 aliphatic heterocycles. The molecular weight excluding hydrogens is 180 g/mol. The van der Waals surface area contributed by atoms with E-state index in [9.17, 15) is 4.79 Å². The highest BCUT2D eigenvalue weighted by atomic mass is 16.5. The Balaban J connectivity index is 3.18. The highest BCUT2D eigenvalue weighted by Crippen LogP contribution is 2.23. The third kappa shape index (κ3) is 1.79. The Morgan fingerprint density at radius 2 is 2.07 bits per heavy atom. The van der Waals surface area contributed by atoms with Crippen molar-refractivity contribution in [1.29, 1.82) is 0 Å². The predicted molar refractivity (Wildman–Crippen MR) is 56.0 cm³/mol. The Morgan fingerprint density at radius 3 is 2.64 bits per heavy atom. The van der Waals surface area contributed by atoms with Crippen LogP contribution in [-0.2, 0) is 4.74 Å². The summed E-state index contributed by atoms with van der Waals surface area (Å²) in [5, 5.41) is 0. The van der Waals surface area contributed by atoms with Gasteiger partial charge in [-0.1, -0.05) is 6.07 Å². The lowest BCUT2D eigenvalue weighted by Gasteiger charge is -2.10. The van der Waals surface area contributed by atoms with Crippen LogP contribution in [0.5, 0.6) is 0 Å². The zero-order valence-electron chi connectivity index (χ0n) is 8.33. The van der Waals surface area contributed by atoms with E-state index in [1.807, 2.05) is 6.92 Å². The molecule has 0 aromatic heterocycles. The van der Waals surface area contributed by atoms with Gasteiger partial charge in [0.2, 0.25) is 0 Å². The number of hydrogen-bond acceptors (Lipinski definition) is 4. The third-order valence-corrected chi connectivity index (χ3v) is 1.98. The molecule has 1 rings (SSSR count). The van der Waals surface area contributed by atoms with Gasteiger partial charge in [-0.15, -0.1) is 0 Å². The summed E-state index contributed by atoms with van der Waals surface area (Å²) in [7, 11) is 0. The SMILES string of the molecule is CCOC(=O)c1c(N)ccc(C)c1N. The monoisotopic (exact) mass is 194 g/mol. The van der Waals surface area contributed by atoms with E-state index >= 15 is 0 Å². The number of carbonyl (C=O) groups excluding carboxylic acids is 1. The maximum Gasteiger partial charge on any atom is 0.342 e. The van der Waals surface area contributed by atoms with Gasteiger partial charge in [0.25, 0.3) is 0 Å². The number of esters is 1. The number of carbonyl (C=O) groups is 1. The lowest BCUT2D eigenvalue weighted by molar-refractivity contribution is 0.0529. The van der Waals surface area contributed by atoms with E-state index in [-0.39, 0.29) is 5.56 Å². The average Bonchev–Trinajstić information content (AvgIpc) is 2.13. The molecule has 0 saturated heterocycles. The van der Waals surface area contributed by atoms with Crippen LogP contribution in [0, 0.1) is 6.92 Å². The first-order valence-electron chi connectivity index (χ1n) is 4.39. The fourth-order valence-electron chi connectivity index (χ4n) is 1.17. The third-order valence-electron chi connectivity index (χ3n) is 1.98. The zero-order chi connectivity index (χ0) is 10.7. The number of nitrogens with two attached hydrogens (primary N) is 2. The molecule has 76 valence electrons. The predicted octanol–water partition coefficient (Wildman–Crippen LogP) is 1.34. The summed E-state index contributed by atoms with van der Waals surface area (Å²) in [6.07, 6.45) is 0. The molecule has 0 fully saturated rings. The fraction of sp³-hybridized carbons (Fsp3) is 0.300. The molecule has 1 aromatic carbocycles. The van der Waals surface area contributed by atoms with E-state index < -0.39 is 5.97 Å². The minimum absolute atomic E-state index is 0.270. The summed E-state index contributed by atoms with van der Waals surface area (Å²) in [6, 6.07) is 3.42. The summed E-state index contributed by atoms with van der Waals surface area (Å²) >= 11 is 0. The molecule has 4 heteroatoms. The normalized spacial score (nSPS) is 9.86. The van der Waals surface area contributed by atoms with Gasteiger partial charge >= 0.3 is 5.97 Å². The zero-order valence-corrected chi connectivity index (χ0v) is 8.33. The molecule has 0 saturated carbocycles. The van der Waals surface area contributed by atoms with Crippen LogP contribution < -0.4 is 11.5 Å². The summed E-state index contributed by atoms with van der Waals surface area (Å²) in [6.45, 7) is 3.86. The summed E-state index contributed by atoms with van der Waals surface area (Å²) < 4.78 is 4.85. The molecule has 0 bridgehead atoms. The summed E-state index contributed by atoms with van der Waals surface area (Å²) in [4.78, 5) is 11.5. The van der Waals surface area contributed by atoms with Gasteiger partial charge in [0.05, 0.1) is 12.3 Å². The molecule has 4 nitrogen and oxygen atoms in total. The summed E-state index contributed by atoms with van der Waals surface area (Å²) in [5.74, 6) is -0.466. The largest absolute Gasteiger partial charge is 0.462 e. The van der Waals surface area contributed by atoms with E-state index in [1.54, 1.807) is 19.1 Å². The van der Waals surface area contributed by atoms with E-state index in [4.69, 9.17) is 16.2 Å². The molecule has 0 radical (unpaired) electrons. The molecule has 0 aliphatic carbocycles. The number of nitrogen functional groups attached to an aromatic ring is 2. The van der Waals surface area contributed by atoms with Gasteiger partial charge in [-0.25, -0.2) is 4.79 Å². The quantitative estimate of drug-likeness (QED) is 0.550.